The first-order valence-electron chi connectivity index (χ1n) is 4.34. The Morgan fingerprint density at radius 2 is 2.33 bits per heavy atom. The number of nitrogens with two attached hydrogens (primary N) is 1. The molecule has 0 amide bonds. The minimum atomic E-state index is 0.138. The minimum Gasteiger partial charge on any atom is -0.323 e. The summed E-state index contributed by atoms with van der Waals surface area (Å²) in [5.41, 5.74) is 6.16. The van der Waals surface area contributed by atoms with E-state index in [1.54, 1.807) is 11.3 Å². The Hall–Kier alpha value is -0.410. The molecule has 1 saturated carbocycles. The average Bonchev–Trinajstić information content (AvgIpc) is 2.61. The number of thiazole rings is 1. The summed E-state index contributed by atoms with van der Waals surface area (Å²) in [6.07, 6.45) is 4.51. The zero-order valence-corrected chi connectivity index (χ0v) is 8.32. The molecular weight excluding hydrogens is 168 g/mol. The predicted molar refractivity (Wildman–Crippen MR) is 51.3 cm³/mol. The van der Waals surface area contributed by atoms with Crippen molar-refractivity contribution in [2.24, 2.45) is 5.73 Å². The second-order valence-electron chi connectivity index (χ2n) is 3.92. The van der Waals surface area contributed by atoms with Crippen LogP contribution >= 0.6 is 11.3 Å². The summed E-state index contributed by atoms with van der Waals surface area (Å²) in [5.74, 6) is 0. The Bertz CT molecular complexity index is 286. The van der Waals surface area contributed by atoms with Crippen LogP contribution in [0.25, 0.3) is 0 Å². The molecule has 1 aliphatic rings. The second-order valence-corrected chi connectivity index (χ2v) is 4.98. The van der Waals surface area contributed by atoms with Crippen molar-refractivity contribution in [2.75, 3.05) is 0 Å². The van der Waals surface area contributed by atoms with E-state index in [-0.39, 0.29) is 6.04 Å². The molecule has 1 aromatic rings. The fourth-order valence-electron chi connectivity index (χ4n) is 1.18. The maximum atomic E-state index is 5.76. The Morgan fingerprint density at radius 3 is 2.75 bits per heavy atom. The molecule has 66 valence electrons. The van der Waals surface area contributed by atoms with Gasteiger partial charge in [-0.2, -0.15) is 0 Å². The lowest BCUT2D eigenvalue weighted by molar-refractivity contribution is 0.776. The van der Waals surface area contributed by atoms with Crippen molar-refractivity contribution in [2.45, 2.75) is 38.1 Å². The topological polar surface area (TPSA) is 38.9 Å². The van der Waals surface area contributed by atoms with Gasteiger partial charge in [0.15, 0.2) is 0 Å². The quantitative estimate of drug-likeness (QED) is 0.761. The van der Waals surface area contributed by atoms with Gasteiger partial charge in [-0.15, -0.1) is 11.3 Å². The van der Waals surface area contributed by atoms with Crippen molar-refractivity contribution in [3.05, 3.63) is 16.1 Å². The number of hydrogen-bond donors (Lipinski definition) is 1. The molecule has 0 spiro atoms. The zero-order valence-electron chi connectivity index (χ0n) is 7.50. The third-order valence-electron chi connectivity index (χ3n) is 2.49. The van der Waals surface area contributed by atoms with Crippen molar-refractivity contribution in [1.82, 2.24) is 4.98 Å². The van der Waals surface area contributed by atoms with E-state index in [0.717, 1.165) is 0 Å². The Kier molecular flexibility index (Phi) is 1.73. The first kappa shape index (κ1) is 8.20. The molecule has 0 aromatic carbocycles. The summed E-state index contributed by atoms with van der Waals surface area (Å²) in [6, 6.07) is 0.138. The molecule has 1 fully saturated rings. The average molecular weight is 182 g/mol. The second kappa shape index (κ2) is 2.54. The number of hydrogen-bond acceptors (Lipinski definition) is 3. The maximum Gasteiger partial charge on any atom is 0.0987 e. The lowest BCUT2D eigenvalue weighted by Crippen LogP contribution is -2.01. The summed E-state index contributed by atoms with van der Waals surface area (Å²) in [5, 5.41) is 1.27. The van der Waals surface area contributed by atoms with E-state index in [4.69, 9.17) is 5.73 Å². The smallest absolute Gasteiger partial charge is 0.0987 e. The molecule has 0 saturated heterocycles. The van der Waals surface area contributed by atoms with Crippen LogP contribution in [-0.2, 0) is 5.41 Å². The van der Waals surface area contributed by atoms with Crippen molar-refractivity contribution in [1.29, 1.82) is 0 Å². The SMILES string of the molecule is CC(N)c1cnc(C2(C)CC2)s1. The molecule has 2 N–H and O–H groups in total. The number of aromatic nitrogens is 1. The van der Waals surface area contributed by atoms with Gasteiger partial charge in [0.1, 0.15) is 0 Å². The van der Waals surface area contributed by atoms with Crippen LogP contribution < -0.4 is 5.73 Å². The van der Waals surface area contributed by atoms with Gasteiger partial charge >= 0.3 is 0 Å². The van der Waals surface area contributed by atoms with Gasteiger partial charge in [-0.1, -0.05) is 6.92 Å². The molecule has 3 heteroatoms. The molecule has 1 unspecified atom stereocenters. The molecule has 2 nitrogen and oxygen atoms in total. The fourth-order valence-corrected chi connectivity index (χ4v) is 2.25. The Morgan fingerprint density at radius 1 is 1.67 bits per heavy atom. The van der Waals surface area contributed by atoms with Crippen LogP contribution in [0.15, 0.2) is 6.20 Å². The molecular formula is C9H14N2S. The van der Waals surface area contributed by atoms with E-state index in [1.807, 2.05) is 13.1 Å². The lowest BCUT2D eigenvalue weighted by Gasteiger charge is -2.01. The molecule has 1 heterocycles. The van der Waals surface area contributed by atoms with E-state index in [9.17, 15) is 0 Å². The molecule has 0 bridgehead atoms. The standard InChI is InChI=1S/C9H14N2S/c1-6(10)7-5-11-8(12-7)9(2)3-4-9/h5-6H,3-4,10H2,1-2H3. The normalized spacial score (nSPS) is 22.2. The Labute approximate surface area is 76.8 Å². The van der Waals surface area contributed by atoms with Crippen LogP contribution in [0.5, 0.6) is 0 Å². The van der Waals surface area contributed by atoms with E-state index in [1.165, 1.54) is 22.7 Å². The van der Waals surface area contributed by atoms with Crippen LogP contribution in [0.1, 0.15) is 42.6 Å². The summed E-state index contributed by atoms with van der Waals surface area (Å²) in [7, 11) is 0. The molecule has 1 aliphatic carbocycles. The first-order valence-corrected chi connectivity index (χ1v) is 5.15. The monoisotopic (exact) mass is 182 g/mol. The molecule has 0 radical (unpaired) electrons. The van der Waals surface area contributed by atoms with Gasteiger partial charge in [0.2, 0.25) is 0 Å². The Balaban J connectivity index is 2.25. The maximum absolute atomic E-state index is 5.76. The molecule has 1 aromatic heterocycles. The molecule has 12 heavy (non-hydrogen) atoms. The van der Waals surface area contributed by atoms with E-state index in [0.29, 0.717) is 5.41 Å². The highest BCUT2D eigenvalue weighted by atomic mass is 32.1. The van der Waals surface area contributed by atoms with E-state index < -0.39 is 0 Å². The summed E-state index contributed by atoms with van der Waals surface area (Å²) in [4.78, 5) is 5.62. The van der Waals surface area contributed by atoms with Gasteiger partial charge < -0.3 is 5.73 Å². The molecule has 1 atom stereocenters. The zero-order chi connectivity index (χ0) is 8.77. The fraction of sp³-hybridized carbons (Fsp3) is 0.667. The van der Waals surface area contributed by atoms with Crippen LogP contribution in [0.3, 0.4) is 0 Å². The van der Waals surface area contributed by atoms with Crippen LogP contribution in [-0.4, -0.2) is 4.98 Å². The highest BCUT2D eigenvalue weighted by Crippen LogP contribution is 2.49. The van der Waals surface area contributed by atoms with Gasteiger partial charge in [-0.05, 0) is 19.8 Å². The van der Waals surface area contributed by atoms with Crippen molar-refractivity contribution in [3.63, 3.8) is 0 Å². The third kappa shape index (κ3) is 1.27. The van der Waals surface area contributed by atoms with Gasteiger partial charge in [0.05, 0.1) is 5.01 Å². The predicted octanol–water partition coefficient (Wildman–Crippen LogP) is 2.21. The van der Waals surface area contributed by atoms with Crippen molar-refractivity contribution < 1.29 is 0 Å². The third-order valence-corrected chi connectivity index (χ3v) is 3.99. The van der Waals surface area contributed by atoms with E-state index >= 15 is 0 Å². The summed E-state index contributed by atoms with van der Waals surface area (Å²) in [6.45, 7) is 4.28. The largest absolute Gasteiger partial charge is 0.323 e. The van der Waals surface area contributed by atoms with Crippen molar-refractivity contribution >= 4 is 11.3 Å². The minimum absolute atomic E-state index is 0.138. The first-order chi connectivity index (χ1) is 5.62. The number of rotatable bonds is 2. The number of nitrogens with zero attached hydrogens (tertiary/aromatic N) is 1. The lowest BCUT2D eigenvalue weighted by atomic mass is 10.2. The molecule has 2 rings (SSSR count). The van der Waals surface area contributed by atoms with Gasteiger partial charge in [0, 0.05) is 22.5 Å². The van der Waals surface area contributed by atoms with Gasteiger partial charge in [-0.25, -0.2) is 4.98 Å². The summed E-state index contributed by atoms with van der Waals surface area (Å²) < 4.78 is 0. The van der Waals surface area contributed by atoms with Gasteiger partial charge in [-0.3, -0.25) is 0 Å². The molecule has 0 aliphatic heterocycles. The van der Waals surface area contributed by atoms with Crippen LogP contribution in [0.4, 0.5) is 0 Å². The van der Waals surface area contributed by atoms with Crippen LogP contribution in [0.2, 0.25) is 0 Å². The summed E-state index contributed by atoms with van der Waals surface area (Å²) >= 11 is 1.77. The van der Waals surface area contributed by atoms with Gasteiger partial charge in [0.25, 0.3) is 0 Å². The highest BCUT2D eigenvalue weighted by Gasteiger charge is 2.41. The van der Waals surface area contributed by atoms with E-state index in [2.05, 4.69) is 11.9 Å². The highest BCUT2D eigenvalue weighted by molar-refractivity contribution is 7.11. The van der Waals surface area contributed by atoms with Crippen molar-refractivity contribution in [3.8, 4) is 0 Å². The van der Waals surface area contributed by atoms with Crippen LogP contribution in [0, 0.1) is 0 Å².